The standard InChI is InChI=1S/C12H29O4P3/c1-10(2)15-18(8,13)17(12(5,6)7)19(9,14)16-11(3)4/h10-11H,1-9H3. The van der Waals surface area contributed by atoms with Gasteiger partial charge in [-0.3, -0.25) is 9.13 Å². The predicted octanol–water partition coefficient (Wildman–Crippen LogP) is 5.76. The summed E-state index contributed by atoms with van der Waals surface area (Å²) < 4.78 is 37.2. The number of rotatable bonds is 6. The first-order valence-corrected chi connectivity index (χ1v) is 13.4. The molecule has 0 aromatic heterocycles. The molecular weight excluding hydrogens is 301 g/mol. The Morgan fingerprint density at radius 2 is 1.11 bits per heavy atom. The number of hydrogen-bond acceptors (Lipinski definition) is 4. The van der Waals surface area contributed by atoms with E-state index in [4.69, 9.17) is 9.05 Å². The maximum atomic E-state index is 13.0. The van der Waals surface area contributed by atoms with Crippen molar-refractivity contribution in [1.29, 1.82) is 0 Å². The molecule has 0 saturated carbocycles. The van der Waals surface area contributed by atoms with E-state index in [0.717, 1.165) is 0 Å². The fourth-order valence-corrected chi connectivity index (χ4v) is 22.8. The lowest BCUT2D eigenvalue weighted by Crippen LogP contribution is -2.15. The van der Waals surface area contributed by atoms with E-state index >= 15 is 0 Å². The van der Waals surface area contributed by atoms with Crippen molar-refractivity contribution < 1.29 is 18.2 Å². The van der Waals surface area contributed by atoms with Gasteiger partial charge in [-0.25, -0.2) is 0 Å². The molecule has 0 aromatic carbocycles. The van der Waals surface area contributed by atoms with Crippen LogP contribution >= 0.6 is 21.4 Å². The Balaban J connectivity index is 5.60. The molecule has 116 valence electrons. The first-order valence-electron chi connectivity index (χ1n) is 6.53. The zero-order valence-electron chi connectivity index (χ0n) is 13.6. The molecule has 0 fully saturated rings. The first-order chi connectivity index (χ1) is 8.20. The largest absolute Gasteiger partial charge is 0.323 e. The van der Waals surface area contributed by atoms with Crippen LogP contribution in [0, 0.1) is 0 Å². The van der Waals surface area contributed by atoms with Gasteiger partial charge in [0.05, 0.1) is 19.5 Å². The van der Waals surface area contributed by atoms with E-state index in [2.05, 4.69) is 0 Å². The monoisotopic (exact) mass is 330 g/mol. The van der Waals surface area contributed by atoms with Gasteiger partial charge in [-0.1, -0.05) is 20.8 Å². The van der Waals surface area contributed by atoms with Crippen LogP contribution in [0.5, 0.6) is 0 Å². The van der Waals surface area contributed by atoms with Crippen molar-refractivity contribution in [2.24, 2.45) is 0 Å². The molecule has 0 aliphatic heterocycles. The Bertz CT molecular complexity index is 355. The van der Waals surface area contributed by atoms with Crippen LogP contribution in [0.2, 0.25) is 0 Å². The Morgan fingerprint density at radius 1 is 0.842 bits per heavy atom. The summed E-state index contributed by atoms with van der Waals surface area (Å²) in [4.78, 5) is 0. The Labute approximate surface area is 119 Å². The van der Waals surface area contributed by atoms with Crippen LogP contribution in [0.1, 0.15) is 48.5 Å². The molecule has 0 N–H and O–H groups in total. The van der Waals surface area contributed by atoms with E-state index in [0.29, 0.717) is 0 Å². The third kappa shape index (κ3) is 6.40. The van der Waals surface area contributed by atoms with E-state index < -0.39 is 21.4 Å². The van der Waals surface area contributed by atoms with Gasteiger partial charge < -0.3 is 9.05 Å². The molecule has 0 rings (SSSR count). The van der Waals surface area contributed by atoms with Gasteiger partial charge in [-0.15, -0.1) is 0 Å². The highest BCUT2D eigenvalue weighted by Gasteiger charge is 2.50. The Morgan fingerprint density at radius 3 is 1.26 bits per heavy atom. The first kappa shape index (κ1) is 19.8. The second-order valence-corrected chi connectivity index (χ2v) is 19.6. The summed E-state index contributed by atoms with van der Waals surface area (Å²) in [6.45, 7) is 16.4. The fourth-order valence-electron chi connectivity index (χ4n) is 2.26. The van der Waals surface area contributed by atoms with Gasteiger partial charge in [0.25, 0.3) is 0 Å². The average molecular weight is 330 g/mol. The fraction of sp³-hybridized carbons (Fsp3) is 1.00. The van der Waals surface area contributed by atoms with Crippen molar-refractivity contribution in [3.8, 4) is 0 Å². The summed E-state index contributed by atoms with van der Waals surface area (Å²) in [6, 6.07) is 0. The summed E-state index contributed by atoms with van der Waals surface area (Å²) in [5, 5.41) is -0.354. The smallest absolute Gasteiger partial charge is 0.229 e. The second-order valence-electron chi connectivity index (χ2n) is 6.37. The summed E-state index contributed by atoms with van der Waals surface area (Å²) in [5.41, 5.74) is 0. The molecule has 0 saturated heterocycles. The van der Waals surface area contributed by atoms with Gasteiger partial charge >= 0.3 is 0 Å². The quantitative estimate of drug-likeness (QED) is 0.581. The molecule has 0 spiro atoms. The van der Waals surface area contributed by atoms with Crippen molar-refractivity contribution >= 4 is 21.4 Å². The van der Waals surface area contributed by atoms with Crippen LogP contribution in [0.25, 0.3) is 0 Å². The maximum Gasteiger partial charge on any atom is 0.229 e. The minimum absolute atomic E-state index is 0.151. The third-order valence-corrected chi connectivity index (χ3v) is 20.4. The molecule has 19 heavy (non-hydrogen) atoms. The summed E-state index contributed by atoms with van der Waals surface area (Å²) in [7, 11) is -7.35. The molecule has 0 radical (unpaired) electrons. The molecule has 0 aromatic rings. The Kier molecular flexibility index (Phi) is 7.00. The van der Waals surface area contributed by atoms with Crippen molar-refractivity contribution in [1.82, 2.24) is 0 Å². The zero-order chi connectivity index (χ0) is 15.6. The predicted molar refractivity (Wildman–Crippen MR) is 86.2 cm³/mol. The van der Waals surface area contributed by atoms with Gasteiger partial charge in [0.2, 0.25) is 14.1 Å². The van der Waals surface area contributed by atoms with E-state index in [-0.39, 0.29) is 17.4 Å². The van der Waals surface area contributed by atoms with Gasteiger partial charge in [0.1, 0.15) is 0 Å². The summed E-state index contributed by atoms with van der Waals surface area (Å²) in [5.74, 6) is 0. The van der Waals surface area contributed by atoms with Crippen LogP contribution in [0.15, 0.2) is 0 Å². The molecule has 0 bridgehead atoms. The van der Waals surface area contributed by atoms with Crippen LogP contribution in [0.4, 0.5) is 0 Å². The molecular formula is C12H29O4P3. The molecule has 4 nitrogen and oxygen atoms in total. The molecule has 0 aliphatic carbocycles. The van der Waals surface area contributed by atoms with Gasteiger partial charge in [0.15, 0.2) is 0 Å². The lowest BCUT2D eigenvalue weighted by atomic mass is 10.3. The molecule has 0 heterocycles. The highest BCUT2D eigenvalue weighted by atomic mass is 32.5. The van der Waals surface area contributed by atoms with Crippen LogP contribution < -0.4 is 0 Å². The lowest BCUT2D eigenvalue weighted by molar-refractivity contribution is 0.251. The zero-order valence-corrected chi connectivity index (χ0v) is 16.3. The average Bonchev–Trinajstić information content (AvgIpc) is 1.90. The van der Waals surface area contributed by atoms with E-state index in [1.165, 1.54) is 0 Å². The van der Waals surface area contributed by atoms with Crippen LogP contribution in [0.3, 0.4) is 0 Å². The van der Waals surface area contributed by atoms with Crippen LogP contribution in [-0.2, 0) is 18.2 Å². The van der Waals surface area contributed by atoms with E-state index in [1.807, 2.05) is 48.5 Å². The SMILES string of the molecule is CC(C)OP(C)(=O)P(C(C)(C)C)P(C)(=O)OC(C)C. The molecule has 2 unspecified atom stereocenters. The van der Waals surface area contributed by atoms with E-state index in [9.17, 15) is 9.13 Å². The lowest BCUT2D eigenvalue weighted by Gasteiger charge is -2.39. The normalized spacial score (nSPS) is 21.2. The molecule has 0 aliphatic rings. The maximum absolute atomic E-state index is 13.0. The van der Waals surface area contributed by atoms with Gasteiger partial charge in [-0.2, -0.15) is 0 Å². The second kappa shape index (κ2) is 6.71. The highest BCUT2D eigenvalue weighted by molar-refractivity contribution is 8.62. The Hall–Kier alpha value is 0.810. The van der Waals surface area contributed by atoms with E-state index in [1.54, 1.807) is 13.3 Å². The minimum atomic E-state index is -2.98. The van der Waals surface area contributed by atoms with Crippen molar-refractivity contribution in [2.75, 3.05) is 13.3 Å². The summed E-state index contributed by atoms with van der Waals surface area (Å²) in [6.07, 6.45) is -0.301. The highest BCUT2D eigenvalue weighted by Crippen LogP contribution is 2.96. The van der Waals surface area contributed by atoms with Crippen LogP contribution in [-0.4, -0.2) is 30.7 Å². The van der Waals surface area contributed by atoms with Crippen molar-refractivity contribution in [3.63, 3.8) is 0 Å². The molecule has 0 amide bonds. The summed E-state index contributed by atoms with van der Waals surface area (Å²) >= 11 is 0. The minimum Gasteiger partial charge on any atom is -0.323 e. The van der Waals surface area contributed by atoms with Gasteiger partial charge in [-0.05, 0) is 32.9 Å². The van der Waals surface area contributed by atoms with Crippen molar-refractivity contribution in [3.05, 3.63) is 0 Å². The topological polar surface area (TPSA) is 52.6 Å². The molecule has 2 atom stereocenters. The van der Waals surface area contributed by atoms with Crippen molar-refractivity contribution in [2.45, 2.75) is 65.8 Å². The third-order valence-electron chi connectivity index (χ3n) is 2.10. The van der Waals surface area contributed by atoms with Gasteiger partial charge in [0, 0.05) is 13.3 Å². The molecule has 7 heteroatoms. The number of hydrogen-bond donors (Lipinski definition) is 0.